The first kappa shape index (κ1) is 17.4. The van der Waals surface area contributed by atoms with Crippen molar-refractivity contribution in [2.24, 2.45) is 5.92 Å². The molecule has 3 heteroatoms. The van der Waals surface area contributed by atoms with Crippen LogP contribution < -0.4 is 0 Å². The molecule has 0 aliphatic carbocycles. The van der Waals surface area contributed by atoms with Gasteiger partial charge in [-0.15, -0.1) is 0 Å². The highest BCUT2D eigenvalue weighted by Crippen LogP contribution is 2.18. The Bertz CT molecular complexity index is 277. The number of allylic oxidation sites excluding steroid dienone is 2. The first-order chi connectivity index (χ1) is 8.24. The van der Waals surface area contributed by atoms with Crippen molar-refractivity contribution in [3.8, 4) is 0 Å². The molecular weight excluding hydrogens is 240 g/mol. The number of hydrogen-bond donors (Lipinski definition) is 0. The minimum atomic E-state index is -0.977. The van der Waals surface area contributed by atoms with Gasteiger partial charge in [0.2, 0.25) is 0 Å². The predicted molar refractivity (Wildman–Crippen MR) is 81.6 cm³/mol. The average molecular weight is 270 g/mol. The Kier molecular flexibility index (Phi) is 8.24. The van der Waals surface area contributed by atoms with E-state index in [4.69, 9.17) is 4.74 Å². The number of carbonyl (C=O) groups is 1. The quantitative estimate of drug-likeness (QED) is 0.365. The van der Waals surface area contributed by atoms with Crippen molar-refractivity contribution < 1.29 is 9.53 Å². The van der Waals surface area contributed by atoms with Gasteiger partial charge in [0.05, 0.1) is 6.61 Å². The molecule has 0 heterocycles. The Labute approximate surface area is 114 Å². The lowest BCUT2D eigenvalue weighted by atomic mass is 10.0. The summed E-state index contributed by atoms with van der Waals surface area (Å²) in [5, 5.41) is 0. The molecule has 0 aliphatic heterocycles. The normalized spacial score (nSPS) is 14.4. The Morgan fingerprint density at radius 2 is 1.94 bits per heavy atom. The number of esters is 1. The molecule has 18 heavy (non-hydrogen) atoms. The van der Waals surface area contributed by atoms with Crippen LogP contribution in [-0.2, 0) is 9.53 Å². The van der Waals surface area contributed by atoms with Crippen molar-refractivity contribution in [2.75, 3.05) is 6.61 Å². The fourth-order valence-electron chi connectivity index (χ4n) is 2.13. The molecule has 0 spiro atoms. The Balaban J connectivity index is 3.89. The van der Waals surface area contributed by atoms with E-state index < -0.39 is 8.07 Å². The molecule has 2 nitrogen and oxygen atoms in total. The smallest absolute Gasteiger partial charge is 0.306 e. The van der Waals surface area contributed by atoms with Crippen molar-refractivity contribution in [2.45, 2.75) is 65.7 Å². The van der Waals surface area contributed by atoms with Crippen LogP contribution in [0.3, 0.4) is 0 Å². The van der Waals surface area contributed by atoms with E-state index in [9.17, 15) is 4.79 Å². The minimum absolute atomic E-state index is 0.0622. The Hall–Kier alpha value is -0.573. The zero-order valence-electron chi connectivity index (χ0n) is 13.0. The highest BCUT2D eigenvalue weighted by atomic mass is 28.3. The van der Waals surface area contributed by atoms with E-state index in [2.05, 4.69) is 39.6 Å². The maximum Gasteiger partial charge on any atom is 0.306 e. The van der Waals surface area contributed by atoms with Crippen LogP contribution >= 0.6 is 0 Å². The van der Waals surface area contributed by atoms with Gasteiger partial charge in [-0.3, -0.25) is 4.79 Å². The van der Waals surface area contributed by atoms with E-state index in [0.717, 1.165) is 12.8 Å². The van der Waals surface area contributed by atoms with Gasteiger partial charge in [0.25, 0.3) is 0 Å². The minimum Gasteiger partial charge on any atom is -0.466 e. The summed E-state index contributed by atoms with van der Waals surface area (Å²) in [6, 6.07) is 1.28. The van der Waals surface area contributed by atoms with Crippen molar-refractivity contribution in [3.05, 3.63) is 11.6 Å². The van der Waals surface area contributed by atoms with E-state index in [1.54, 1.807) is 0 Å². The lowest BCUT2D eigenvalue weighted by Crippen LogP contribution is -2.19. The second-order valence-electron chi connectivity index (χ2n) is 6.48. The van der Waals surface area contributed by atoms with Crippen LogP contribution in [0.1, 0.15) is 40.0 Å². The Morgan fingerprint density at radius 3 is 2.44 bits per heavy atom. The summed E-state index contributed by atoms with van der Waals surface area (Å²) in [6.45, 7) is 13.9. The van der Waals surface area contributed by atoms with Gasteiger partial charge in [0.1, 0.15) is 0 Å². The topological polar surface area (TPSA) is 26.3 Å². The standard InChI is InChI=1S/C15H30O2Si/c1-7-17-15(16)11-13(2)9-8-10-14(3)12-18(4,5)6/h10,13H,7-9,11-12H2,1-6H3/b14-10+. The van der Waals surface area contributed by atoms with Crippen LogP contribution in [0, 0.1) is 5.92 Å². The summed E-state index contributed by atoms with van der Waals surface area (Å²) < 4.78 is 4.96. The van der Waals surface area contributed by atoms with Gasteiger partial charge in [-0.25, -0.2) is 0 Å². The van der Waals surface area contributed by atoms with Crippen molar-refractivity contribution in [1.29, 1.82) is 0 Å². The highest BCUT2D eigenvalue weighted by Gasteiger charge is 2.13. The molecule has 0 saturated carbocycles. The first-order valence-electron chi connectivity index (χ1n) is 7.06. The van der Waals surface area contributed by atoms with Gasteiger partial charge in [-0.1, -0.05) is 38.2 Å². The van der Waals surface area contributed by atoms with Crippen LogP contribution in [0.25, 0.3) is 0 Å². The van der Waals surface area contributed by atoms with Gasteiger partial charge >= 0.3 is 5.97 Å². The van der Waals surface area contributed by atoms with Crippen molar-refractivity contribution >= 4 is 14.0 Å². The van der Waals surface area contributed by atoms with Crippen LogP contribution in [0.15, 0.2) is 11.6 Å². The lowest BCUT2D eigenvalue weighted by Gasteiger charge is -2.16. The summed E-state index contributed by atoms with van der Waals surface area (Å²) in [5.74, 6) is 0.354. The summed E-state index contributed by atoms with van der Waals surface area (Å²) in [7, 11) is -0.977. The molecule has 0 fully saturated rings. The first-order valence-corrected chi connectivity index (χ1v) is 10.8. The average Bonchev–Trinajstić information content (AvgIpc) is 2.14. The molecule has 0 aromatic rings. The largest absolute Gasteiger partial charge is 0.466 e. The van der Waals surface area contributed by atoms with Gasteiger partial charge in [-0.2, -0.15) is 0 Å². The van der Waals surface area contributed by atoms with Crippen LogP contribution in [0.4, 0.5) is 0 Å². The molecule has 0 saturated heterocycles. The Morgan fingerprint density at radius 1 is 1.33 bits per heavy atom. The van der Waals surface area contributed by atoms with Crippen LogP contribution in [-0.4, -0.2) is 20.7 Å². The number of ether oxygens (including phenoxy) is 1. The fourth-order valence-corrected chi connectivity index (χ4v) is 3.95. The molecular formula is C15H30O2Si. The number of hydrogen-bond acceptors (Lipinski definition) is 2. The molecule has 0 rings (SSSR count). The van der Waals surface area contributed by atoms with Crippen LogP contribution in [0.2, 0.25) is 25.7 Å². The predicted octanol–water partition coefficient (Wildman–Crippen LogP) is 4.64. The zero-order valence-corrected chi connectivity index (χ0v) is 14.0. The molecule has 106 valence electrons. The molecule has 0 amide bonds. The van der Waals surface area contributed by atoms with E-state index in [-0.39, 0.29) is 5.97 Å². The summed E-state index contributed by atoms with van der Waals surface area (Å²) in [5.41, 5.74) is 1.51. The molecule has 0 radical (unpaired) electrons. The van der Waals surface area contributed by atoms with Crippen molar-refractivity contribution in [1.82, 2.24) is 0 Å². The number of rotatable bonds is 8. The third kappa shape index (κ3) is 10.6. The van der Waals surface area contributed by atoms with E-state index >= 15 is 0 Å². The molecule has 1 atom stereocenters. The summed E-state index contributed by atoms with van der Waals surface area (Å²) in [6.07, 6.45) is 5.05. The molecule has 1 unspecified atom stereocenters. The molecule has 0 aliphatic rings. The van der Waals surface area contributed by atoms with E-state index in [0.29, 0.717) is 18.9 Å². The third-order valence-electron chi connectivity index (χ3n) is 2.78. The maximum atomic E-state index is 11.3. The summed E-state index contributed by atoms with van der Waals surface area (Å²) >= 11 is 0. The van der Waals surface area contributed by atoms with Gasteiger partial charge in [-0.05, 0) is 38.7 Å². The van der Waals surface area contributed by atoms with Crippen molar-refractivity contribution in [3.63, 3.8) is 0 Å². The van der Waals surface area contributed by atoms with Gasteiger partial charge < -0.3 is 4.74 Å². The molecule has 0 N–H and O–H groups in total. The number of carbonyl (C=O) groups excluding carboxylic acids is 1. The second-order valence-corrected chi connectivity index (χ2v) is 12.0. The fraction of sp³-hybridized carbons (Fsp3) is 0.800. The second kappa shape index (κ2) is 8.52. The molecule has 0 aromatic carbocycles. The third-order valence-corrected chi connectivity index (χ3v) is 4.40. The van der Waals surface area contributed by atoms with E-state index in [1.807, 2.05) is 6.92 Å². The van der Waals surface area contributed by atoms with Gasteiger partial charge in [0.15, 0.2) is 0 Å². The highest BCUT2D eigenvalue weighted by molar-refractivity contribution is 6.76. The molecule has 0 aromatic heterocycles. The van der Waals surface area contributed by atoms with Crippen LogP contribution in [0.5, 0.6) is 0 Å². The lowest BCUT2D eigenvalue weighted by molar-refractivity contribution is -0.144. The summed E-state index contributed by atoms with van der Waals surface area (Å²) in [4.78, 5) is 11.3. The van der Waals surface area contributed by atoms with E-state index in [1.165, 1.54) is 11.6 Å². The maximum absolute atomic E-state index is 11.3. The molecule has 0 bridgehead atoms. The van der Waals surface area contributed by atoms with Gasteiger partial charge in [0, 0.05) is 14.5 Å². The SMILES string of the molecule is CCOC(=O)CC(C)CC/C=C(\C)C[Si](C)(C)C. The monoisotopic (exact) mass is 270 g/mol. The zero-order chi connectivity index (χ0) is 14.2.